The number of ether oxygens (including phenoxy) is 1. The molecule has 0 aromatic rings. The summed E-state index contributed by atoms with van der Waals surface area (Å²) in [6, 6.07) is 0.107. The van der Waals surface area contributed by atoms with Gasteiger partial charge in [0.05, 0.1) is 32.2 Å². The molecular formula is C12H22N2O3. The van der Waals surface area contributed by atoms with E-state index in [1.165, 1.54) is 0 Å². The fourth-order valence-electron chi connectivity index (χ4n) is 2.45. The summed E-state index contributed by atoms with van der Waals surface area (Å²) in [5, 5.41) is 13.2. The zero-order valence-corrected chi connectivity index (χ0v) is 10.8. The lowest BCUT2D eigenvalue weighted by Crippen LogP contribution is -2.67. The zero-order valence-electron chi connectivity index (χ0n) is 10.8. The Morgan fingerprint density at radius 1 is 1.47 bits per heavy atom. The molecule has 0 aromatic carbocycles. The van der Waals surface area contributed by atoms with Crippen LogP contribution in [0.25, 0.3) is 0 Å². The number of β-amino-alcohol motifs (C(OH)–C–C–N with tert-alkyl or cyclic N) is 1. The van der Waals surface area contributed by atoms with Crippen LogP contribution in [-0.2, 0) is 9.53 Å². The first-order valence-corrected chi connectivity index (χ1v) is 6.24. The summed E-state index contributed by atoms with van der Waals surface area (Å²) < 4.78 is 5.33. The first-order chi connectivity index (χ1) is 7.98. The maximum atomic E-state index is 12.2. The van der Waals surface area contributed by atoms with Crippen LogP contribution in [0.2, 0.25) is 0 Å². The van der Waals surface area contributed by atoms with Crippen LogP contribution in [0.3, 0.4) is 0 Å². The molecule has 0 aliphatic carbocycles. The van der Waals surface area contributed by atoms with Gasteiger partial charge in [-0.1, -0.05) is 13.8 Å². The quantitative estimate of drug-likeness (QED) is 0.697. The molecule has 17 heavy (non-hydrogen) atoms. The Balaban J connectivity index is 1.91. The van der Waals surface area contributed by atoms with Crippen LogP contribution in [0.4, 0.5) is 0 Å². The highest BCUT2D eigenvalue weighted by atomic mass is 16.5. The average molecular weight is 242 g/mol. The molecule has 5 nitrogen and oxygen atoms in total. The molecule has 2 saturated heterocycles. The third kappa shape index (κ3) is 2.19. The van der Waals surface area contributed by atoms with Crippen molar-refractivity contribution in [3.63, 3.8) is 0 Å². The van der Waals surface area contributed by atoms with Crippen molar-refractivity contribution in [2.45, 2.75) is 25.5 Å². The van der Waals surface area contributed by atoms with E-state index < -0.39 is 5.60 Å². The van der Waals surface area contributed by atoms with E-state index in [9.17, 15) is 9.90 Å². The zero-order chi connectivity index (χ0) is 12.6. The monoisotopic (exact) mass is 242 g/mol. The van der Waals surface area contributed by atoms with Gasteiger partial charge < -0.3 is 20.1 Å². The van der Waals surface area contributed by atoms with Gasteiger partial charge in [-0.2, -0.15) is 0 Å². The standard InChI is InChI=1S/C12H22N2O3/c1-8(2)12(16)6-14(7-12)11(15)9-4-17-5-10(9)13-3/h8-10,13,16H,4-7H2,1-3H3. The van der Waals surface area contributed by atoms with Gasteiger partial charge in [0, 0.05) is 6.04 Å². The molecule has 2 atom stereocenters. The Morgan fingerprint density at radius 2 is 2.12 bits per heavy atom. The minimum atomic E-state index is -0.690. The highest BCUT2D eigenvalue weighted by Gasteiger charge is 2.48. The highest BCUT2D eigenvalue weighted by molar-refractivity contribution is 5.81. The summed E-state index contributed by atoms with van der Waals surface area (Å²) in [7, 11) is 1.85. The molecule has 0 spiro atoms. The van der Waals surface area contributed by atoms with Crippen LogP contribution in [0, 0.1) is 11.8 Å². The van der Waals surface area contributed by atoms with Crippen molar-refractivity contribution >= 4 is 5.91 Å². The molecule has 5 heteroatoms. The number of amides is 1. The molecule has 0 aromatic heterocycles. The van der Waals surface area contributed by atoms with Crippen LogP contribution in [0.15, 0.2) is 0 Å². The van der Waals surface area contributed by atoms with E-state index >= 15 is 0 Å². The van der Waals surface area contributed by atoms with E-state index in [0.29, 0.717) is 26.3 Å². The average Bonchev–Trinajstić information content (AvgIpc) is 2.71. The third-order valence-corrected chi connectivity index (χ3v) is 4.08. The van der Waals surface area contributed by atoms with Crippen LogP contribution >= 0.6 is 0 Å². The van der Waals surface area contributed by atoms with E-state index in [4.69, 9.17) is 4.74 Å². The lowest BCUT2D eigenvalue weighted by atomic mass is 9.82. The maximum absolute atomic E-state index is 12.2. The van der Waals surface area contributed by atoms with Crippen molar-refractivity contribution < 1.29 is 14.6 Å². The molecule has 2 aliphatic rings. The van der Waals surface area contributed by atoms with Crippen LogP contribution < -0.4 is 5.32 Å². The largest absolute Gasteiger partial charge is 0.386 e. The second-order valence-corrected chi connectivity index (χ2v) is 5.49. The molecule has 2 unspecified atom stereocenters. The highest BCUT2D eigenvalue weighted by Crippen LogP contribution is 2.30. The van der Waals surface area contributed by atoms with Gasteiger partial charge in [-0.05, 0) is 13.0 Å². The summed E-state index contributed by atoms with van der Waals surface area (Å²) >= 11 is 0. The molecule has 2 rings (SSSR count). The SMILES string of the molecule is CNC1COCC1C(=O)N1CC(O)(C(C)C)C1. The van der Waals surface area contributed by atoms with Crippen LogP contribution in [-0.4, -0.2) is 60.9 Å². The predicted octanol–water partition coefficient (Wildman–Crippen LogP) is -0.550. The number of carbonyl (C=O) groups is 1. The summed E-state index contributed by atoms with van der Waals surface area (Å²) in [4.78, 5) is 13.9. The lowest BCUT2D eigenvalue weighted by molar-refractivity contribution is -0.168. The first-order valence-electron chi connectivity index (χ1n) is 6.24. The topological polar surface area (TPSA) is 61.8 Å². The molecule has 2 aliphatic heterocycles. The summed E-state index contributed by atoms with van der Waals surface area (Å²) in [5.74, 6) is 0.190. The lowest BCUT2D eigenvalue weighted by Gasteiger charge is -2.50. The molecule has 98 valence electrons. The van der Waals surface area contributed by atoms with Crippen molar-refractivity contribution in [1.29, 1.82) is 0 Å². The number of likely N-dealkylation sites (N-methyl/N-ethyl adjacent to an activating group) is 1. The summed E-state index contributed by atoms with van der Waals surface area (Å²) in [5.41, 5.74) is -0.690. The van der Waals surface area contributed by atoms with Crippen molar-refractivity contribution in [2.24, 2.45) is 11.8 Å². The molecule has 2 heterocycles. The van der Waals surface area contributed by atoms with E-state index in [1.54, 1.807) is 4.90 Å². The Labute approximate surface area is 102 Å². The van der Waals surface area contributed by atoms with Gasteiger partial charge in [0.2, 0.25) is 5.91 Å². The molecule has 0 radical (unpaired) electrons. The number of nitrogens with one attached hydrogen (secondary N) is 1. The number of hydrogen-bond acceptors (Lipinski definition) is 4. The Bertz CT molecular complexity index is 300. The van der Waals surface area contributed by atoms with Crippen molar-refractivity contribution in [1.82, 2.24) is 10.2 Å². The second-order valence-electron chi connectivity index (χ2n) is 5.49. The molecule has 2 N–H and O–H groups in total. The predicted molar refractivity (Wildman–Crippen MR) is 63.5 cm³/mol. The van der Waals surface area contributed by atoms with E-state index in [2.05, 4.69) is 5.32 Å². The van der Waals surface area contributed by atoms with Crippen LogP contribution in [0.1, 0.15) is 13.8 Å². The van der Waals surface area contributed by atoms with Gasteiger partial charge >= 0.3 is 0 Å². The Morgan fingerprint density at radius 3 is 2.65 bits per heavy atom. The summed E-state index contributed by atoms with van der Waals surface area (Å²) in [6.45, 7) is 5.96. The molecule has 0 saturated carbocycles. The number of rotatable bonds is 3. The second kappa shape index (κ2) is 4.55. The normalized spacial score (nSPS) is 31.7. The van der Waals surface area contributed by atoms with Gasteiger partial charge in [-0.25, -0.2) is 0 Å². The van der Waals surface area contributed by atoms with E-state index in [0.717, 1.165) is 0 Å². The van der Waals surface area contributed by atoms with Crippen molar-refractivity contribution in [3.05, 3.63) is 0 Å². The summed E-state index contributed by atoms with van der Waals surface area (Å²) in [6.07, 6.45) is 0. The van der Waals surface area contributed by atoms with Crippen molar-refractivity contribution in [2.75, 3.05) is 33.4 Å². The number of hydrogen-bond donors (Lipinski definition) is 2. The van der Waals surface area contributed by atoms with E-state index in [-0.39, 0.29) is 23.8 Å². The Kier molecular flexibility index (Phi) is 3.43. The third-order valence-electron chi connectivity index (χ3n) is 4.08. The van der Waals surface area contributed by atoms with Gasteiger partial charge in [0.25, 0.3) is 0 Å². The van der Waals surface area contributed by atoms with Crippen LogP contribution in [0.5, 0.6) is 0 Å². The Hall–Kier alpha value is -0.650. The number of aliphatic hydroxyl groups is 1. The van der Waals surface area contributed by atoms with Gasteiger partial charge in [-0.3, -0.25) is 4.79 Å². The molecule has 2 fully saturated rings. The number of carbonyl (C=O) groups excluding carboxylic acids is 1. The van der Waals surface area contributed by atoms with Gasteiger partial charge in [0.15, 0.2) is 0 Å². The van der Waals surface area contributed by atoms with Crippen molar-refractivity contribution in [3.8, 4) is 0 Å². The molecule has 0 bridgehead atoms. The van der Waals surface area contributed by atoms with E-state index in [1.807, 2.05) is 20.9 Å². The first kappa shape index (κ1) is 12.8. The molecular weight excluding hydrogens is 220 g/mol. The minimum Gasteiger partial charge on any atom is -0.386 e. The minimum absolute atomic E-state index is 0.100. The van der Waals surface area contributed by atoms with Gasteiger partial charge in [0.1, 0.15) is 5.60 Å². The number of likely N-dealkylation sites (tertiary alicyclic amines) is 1. The molecule has 1 amide bonds. The fourth-order valence-corrected chi connectivity index (χ4v) is 2.45. The smallest absolute Gasteiger partial charge is 0.229 e. The van der Waals surface area contributed by atoms with Gasteiger partial charge in [-0.15, -0.1) is 0 Å². The fraction of sp³-hybridized carbons (Fsp3) is 0.917. The maximum Gasteiger partial charge on any atom is 0.229 e. The number of nitrogens with zero attached hydrogens (tertiary/aromatic N) is 1.